The summed E-state index contributed by atoms with van der Waals surface area (Å²) < 4.78 is 1.86. The summed E-state index contributed by atoms with van der Waals surface area (Å²) in [6.45, 7) is 2.28. The van der Waals surface area contributed by atoms with Crippen LogP contribution in [0.2, 0.25) is 0 Å². The first-order valence-electron chi connectivity index (χ1n) is 7.83. The number of amides is 2. The highest BCUT2D eigenvalue weighted by molar-refractivity contribution is 5.95. The van der Waals surface area contributed by atoms with Crippen LogP contribution in [0.1, 0.15) is 41.7 Å². The van der Waals surface area contributed by atoms with Crippen molar-refractivity contribution in [2.24, 2.45) is 0 Å². The van der Waals surface area contributed by atoms with Gasteiger partial charge in [0, 0.05) is 25.9 Å². The van der Waals surface area contributed by atoms with Crippen LogP contribution in [0.5, 0.6) is 0 Å². The molecule has 2 amide bonds. The zero-order chi connectivity index (χ0) is 16.2. The third-order valence-corrected chi connectivity index (χ3v) is 3.80. The van der Waals surface area contributed by atoms with Gasteiger partial charge in [0.25, 0.3) is 5.91 Å². The van der Waals surface area contributed by atoms with Crippen molar-refractivity contribution in [3.63, 3.8) is 0 Å². The number of benzene rings is 1. The summed E-state index contributed by atoms with van der Waals surface area (Å²) in [7, 11) is 0. The summed E-state index contributed by atoms with van der Waals surface area (Å²) in [6, 6.07) is 9.84. The van der Waals surface area contributed by atoms with Crippen LogP contribution in [0.15, 0.2) is 36.5 Å². The van der Waals surface area contributed by atoms with Crippen LogP contribution in [0, 0.1) is 0 Å². The third-order valence-electron chi connectivity index (χ3n) is 3.80. The van der Waals surface area contributed by atoms with Crippen molar-refractivity contribution in [2.75, 3.05) is 13.1 Å². The second-order valence-corrected chi connectivity index (χ2v) is 5.70. The fraction of sp³-hybridized carbons (Fsp3) is 0.353. The number of nitrogens with one attached hydrogen (secondary N) is 2. The van der Waals surface area contributed by atoms with E-state index in [1.54, 1.807) is 6.20 Å². The summed E-state index contributed by atoms with van der Waals surface area (Å²) in [5.41, 5.74) is 2.57. The van der Waals surface area contributed by atoms with Gasteiger partial charge in [-0.05, 0) is 25.0 Å². The third kappa shape index (κ3) is 3.59. The number of carbonyl (C=O) groups is 2. The number of rotatable bonds is 6. The molecule has 1 aromatic carbocycles. The Hall–Kier alpha value is -2.63. The van der Waals surface area contributed by atoms with Crippen molar-refractivity contribution >= 4 is 11.8 Å². The van der Waals surface area contributed by atoms with Crippen molar-refractivity contribution < 1.29 is 9.59 Å². The number of hydrogen-bond donors (Lipinski definition) is 2. The molecule has 2 N–H and O–H groups in total. The Kier molecular flexibility index (Phi) is 4.41. The Bertz CT molecular complexity index is 705. The Morgan fingerprint density at radius 2 is 1.87 bits per heavy atom. The number of para-hydroxylation sites is 1. The zero-order valence-corrected chi connectivity index (χ0v) is 13.1. The molecule has 6 heteroatoms. The Morgan fingerprint density at radius 1 is 1.17 bits per heavy atom. The van der Waals surface area contributed by atoms with Crippen LogP contribution < -0.4 is 10.6 Å². The summed E-state index contributed by atoms with van der Waals surface area (Å²) in [6.07, 6.45) is 3.81. The van der Waals surface area contributed by atoms with Gasteiger partial charge in [-0.15, -0.1) is 0 Å². The number of nitrogens with zero attached hydrogens (tertiary/aromatic N) is 2. The zero-order valence-electron chi connectivity index (χ0n) is 13.1. The number of carbonyl (C=O) groups excluding carboxylic acids is 2. The van der Waals surface area contributed by atoms with Gasteiger partial charge in [-0.25, -0.2) is 4.68 Å². The van der Waals surface area contributed by atoms with Crippen LogP contribution in [-0.2, 0) is 4.79 Å². The molecule has 1 aromatic heterocycles. The Balaban J connectivity index is 1.76. The number of hydrogen-bond acceptors (Lipinski definition) is 3. The fourth-order valence-corrected chi connectivity index (χ4v) is 2.57. The maximum absolute atomic E-state index is 12.4. The molecule has 0 saturated heterocycles. The van der Waals surface area contributed by atoms with Gasteiger partial charge in [0.2, 0.25) is 5.91 Å². The van der Waals surface area contributed by atoms with E-state index in [1.807, 2.05) is 35.0 Å². The van der Waals surface area contributed by atoms with E-state index < -0.39 is 0 Å². The second-order valence-electron chi connectivity index (χ2n) is 5.70. The minimum Gasteiger partial charge on any atom is -0.355 e. The maximum Gasteiger partial charge on any atom is 0.254 e. The summed E-state index contributed by atoms with van der Waals surface area (Å²) in [5.74, 6) is 0.156. The molecule has 1 fully saturated rings. The van der Waals surface area contributed by atoms with E-state index in [2.05, 4.69) is 15.7 Å². The largest absolute Gasteiger partial charge is 0.355 e. The molecule has 1 aliphatic rings. The highest BCUT2D eigenvalue weighted by atomic mass is 16.2. The lowest BCUT2D eigenvalue weighted by atomic mass is 10.1. The van der Waals surface area contributed by atoms with E-state index in [9.17, 15) is 9.59 Å². The monoisotopic (exact) mass is 312 g/mol. The average Bonchev–Trinajstić information content (AvgIpc) is 3.30. The minimum atomic E-state index is -0.139. The standard InChI is InChI=1S/C17H20N4O2/c1-12(22)18-9-10-19-17(23)15-11-20-21(16(15)13-7-8-13)14-5-3-2-4-6-14/h2-6,11,13H,7-10H2,1H3,(H,18,22)(H,19,23). The molecule has 1 aliphatic carbocycles. The van der Waals surface area contributed by atoms with Crippen LogP contribution >= 0.6 is 0 Å². The molecule has 2 aromatic rings. The van der Waals surface area contributed by atoms with Crippen molar-refractivity contribution in [2.45, 2.75) is 25.7 Å². The van der Waals surface area contributed by atoms with Crippen LogP contribution in [0.25, 0.3) is 5.69 Å². The molecule has 1 saturated carbocycles. The highest BCUT2D eigenvalue weighted by Crippen LogP contribution is 2.42. The van der Waals surface area contributed by atoms with E-state index in [0.717, 1.165) is 24.2 Å². The molecule has 0 bridgehead atoms. The first kappa shape index (κ1) is 15.3. The molecule has 0 atom stereocenters. The van der Waals surface area contributed by atoms with Crippen molar-refractivity contribution in [1.29, 1.82) is 0 Å². The normalized spacial score (nSPS) is 13.6. The topological polar surface area (TPSA) is 76.0 Å². The molecule has 3 rings (SSSR count). The van der Waals surface area contributed by atoms with Gasteiger partial charge in [-0.2, -0.15) is 5.10 Å². The van der Waals surface area contributed by atoms with Crippen molar-refractivity contribution in [3.05, 3.63) is 47.8 Å². The van der Waals surface area contributed by atoms with E-state index in [4.69, 9.17) is 0 Å². The molecular weight excluding hydrogens is 292 g/mol. The molecule has 120 valence electrons. The molecule has 6 nitrogen and oxygen atoms in total. The van der Waals surface area contributed by atoms with Gasteiger partial charge in [0.05, 0.1) is 23.1 Å². The van der Waals surface area contributed by atoms with Gasteiger partial charge in [-0.1, -0.05) is 18.2 Å². The van der Waals surface area contributed by atoms with Gasteiger partial charge in [-0.3, -0.25) is 9.59 Å². The Labute approximate surface area is 134 Å². The molecular formula is C17H20N4O2. The smallest absolute Gasteiger partial charge is 0.254 e. The summed E-state index contributed by atoms with van der Waals surface area (Å²) >= 11 is 0. The van der Waals surface area contributed by atoms with Gasteiger partial charge < -0.3 is 10.6 Å². The van der Waals surface area contributed by atoms with E-state index in [1.165, 1.54) is 6.92 Å². The quantitative estimate of drug-likeness (QED) is 0.796. The SMILES string of the molecule is CC(=O)NCCNC(=O)c1cnn(-c2ccccc2)c1C1CC1. The summed E-state index contributed by atoms with van der Waals surface area (Å²) in [5, 5.41) is 9.91. The van der Waals surface area contributed by atoms with Crippen molar-refractivity contribution in [3.8, 4) is 5.69 Å². The first-order chi connectivity index (χ1) is 11.2. The van der Waals surface area contributed by atoms with E-state index >= 15 is 0 Å². The van der Waals surface area contributed by atoms with Crippen molar-refractivity contribution in [1.82, 2.24) is 20.4 Å². The first-order valence-corrected chi connectivity index (χ1v) is 7.83. The summed E-state index contributed by atoms with van der Waals surface area (Å²) in [4.78, 5) is 23.2. The van der Waals surface area contributed by atoms with E-state index in [0.29, 0.717) is 24.6 Å². The Morgan fingerprint density at radius 3 is 2.52 bits per heavy atom. The van der Waals surface area contributed by atoms with Crippen LogP contribution in [0.3, 0.4) is 0 Å². The second kappa shape index (κ2) is 6.64. The molecule has 0 spiro atoms. The molecule has 23 heavy (non-hydrogen) atoms. The molecule has 0 aliphatic heterocycles. The fourth-order valence-electron chi connectivity index (χ4n) is 2.57. The average molecular weight is 312 g/mol. The highest BCUT2D eigenvalue weighted by Gasteiger charge is 2.32. The molecule has 0 radical (unpaired) electrons. The predicted molar refractivity (Wildman–Crippen MR) is 86.6 cm³/mol. The van der Waals surface area contributed by atoms with E-state index in [-0.39, 0.29) is 11.8 Å². The molecule has 0 unspecified atom stereocenters. The van der Waals surface area contributed by atoms with Gasteiger partial charge in [0.15, 0.2) is 0 Å². The number of aromatic nitrogens is 2. The predicted octanol–water partition coefficient (Wildman–Crippen LogP) is 1.62. The minimum absolute atomic E-state index is 0.102. The lowest BCUT2D eigenvalue weighted by molar-refractivity contribution is -0.118. The van der Waals surface area contributed by atoms with Gasteiger partial charge in [0.1, 0.15) is 0 Å². The maximum atomic E-state index is 12.4. The van der Waals surface area contributed by atoms with Gasteiger partial charge >= 0.3 is 0 Å². The molecule has 1 heterocycles. The van der Waals surface area contributed by atoms with Crippen LogP contribution in [0.4, 0.5) is 0 Å². The lowest BCUT2D eigenvalue weighted by Gasteiger charge is -2.09. The lowest BCUT2D eigenvalue weighted by Crippen LogP contribution is -2.33. The van der Waals surface area contributed by atoms with Crippen LogP contribution in [-0.4, -0.2) is 34.7 Å².